The van der Waals surface area contributed by atoms with Gasteiger partial charge >= 0.3 is 6.09 Å². The number of benzene rings is 3. The van der Waals surface area contributed by atoms with Gasteiger partial charge in [0.15, 0.2) is 5.75 Å². The highest BCUT2D eigenvalue weighted by molar-refractivity contribution is 6.32. The van der Waals surface area contributed by atoms with Crippen LogP contribution in [0.4, 0.5) is 10.6 Å². The largest absolute Gasteiger partial charge is 0.497 e. The van der Waals surface area contributed by atoms with Crippen LogP contribution < -0.4 is 23.8 Å². The Bertz CT molecular complexity index is 1860. The smallest absolute Gasteiger partial charge is 0.416 e. The third kappa shape index (κ3) is 9.42. The molecule has 0 aliphatic heterocycles. The summed E-state index contributed by atoms with van der Waals surface area (Å²) in [5.74, 6) is 2.49. The fourth-order valence-corrected chi connectivity index (χ4v) is 5.51. The van der Waals surface area contributed by atoms with Crippen LogP contribution in [0.3, 0.4) is 0 Å². The number of methoxy groups -OCH3 is 2. The zero-order chi connectivity index (χ0) is 36.6. The zero-order valence-electron chi connectivity index (χ0n) is 29.0. The molecule has 0 aliphatic carbocycles. The normalized spacial score (nSPS) is 11.4. The van der Waals surface area contributed by atoms with Crippen LogP contribution >= 0.6 is 34.8 Å². The first-order valence-electron chi connectivity index (χ1n) is 15.6. The highest BCUT2D eigenvalue weighted by Gasteiger charge is 2.29. The number of nitriles is 1. The second-order valence-corrected chi connectivity index (χ2v) is 13.8. The van der Waals surface area contributed by atoms with Crippen molar-refractivity contribution in [1.82, 2.24) is 9.97 Å². The van der Waals surface area contributed by atoms with Crippen molar-refractivity contribution in [2.45, 2.75) is 58.8 Å². The minimum Gasteiger partial charge on any atom is -0.497 e. The molecule has 1 heterocycles. The lowest BCUT2D eigenvalue weighted by atomic mass is 9.77. The predicted molar refractivity (Wildman–Crippen MR) is 194 cm³/mol. The van der Waals surface area contributed by atoms with Crippen molar-refractivity contribution in [3.63, 3.8) is 0 Å². The lowest BCUT2D eigenvalue weighted by molar-refractivity contribution is 0.0575. The lowest BCUT2D eigenvalue weighted by Gasteiger charge is -2.28. The summed E-state index contributed by atoms with van der Waals surface area (Å²) in [7, 11) is 3.10. The number of hydrogen-bond donors (Lipinski definition) is 0. The summed E-state index contributed by atoms with van der Waals surface area (Å²) in [6, 6.07) is 18.6. The number of carbonyl (C=O) groups is 1. The first-order chi connectivity index (χ1) is 23.7. The van der Waals surface area contributed by atoms with Crippen molar-refractivity contribution in [3.8, 4) is 29.1 Å². The zero-order valence-corrected chi connectivity index (χ0v) is 31.2. The van der Waals surface area contributed by atoms with Gasteiger partial charge in [-0.25, -0.2) is 9.78 Å². The van der Waals surface area contributed by atoms with Crippen LogP contribution in [0.1, 0.15) is 62.4 Å². The molecule has 0 unspecified atom stereocenters. The summed E-state index contributed by atoms with van der Waals surface area (Å²) >= 11 is 18.6. The average molecular weight is 742 g/mol. The Morgan fingerprint density at radius 2 is 1.60 bits per heavy atom. The van der Waals surface area contributed by atoms with Gasteiger partial charge in [-0.3, -0.25) is 4.90 Å². The van der Waals surface area contributed by atoms with Gasteiger partial charge in [-0.05, 0) is 79.9 Å². The third-order valence-corrected chi connectivity index (χ3v) is 8.30. The molecular weight excluding hydrogens is 703 g/mol. The average Bonchev–Trinajstić information content (AvgIpc) is 3.08. The summed E-state index contributed by atoms with van der Waals surface area (Å²) in [6.45, 7) is 9.71. The standard InChI is InChI=1S/C37H39Cl3N4O6/c1-36(2,3)50-35(45)44(21-23-8-11-29(46-6)18-31(23)47-7)33-25(20-42-34(40)43-33)22-49-28-12-9-26(10-13-28)37(4,5)27-16-24(19-41)32(30(39)17-27)48-15-14-38/h8-13,16-18,20H,14-15,21-22H2,1-7H3. The van der Waals surface area contributed by atoms with E-state index in [2.05, 4.69) is 16.0 Å². The first-order valence-corrected chi connectivity index (χ1v) is 16.9. The fraction of sp³-hybridized carbons (Fsp3) is 0.351. The second-order valence-electron chi connectivity index (χ2n) is 12.7. The summed E-state index contributed by atoms with van der Waals surface area (Å²) in [5, 5.41) is 10.0. The number of alkyl halides is 1. The van der Waals surface area contributed by atoms with Crippen LogP contribution in [0.25, 0.3) is 0 Å². The minimum absolute atomic E-state index is 0.0131. The van der Waals surface area contributed by atoms with Crippen LogP contribution in [-0.4, -0.2) is 48.4 Å². The number of amides is 1. The molecule has 4 rings (SSSR count). The van der Waals surface area contributed by atoms with E-state index in [-0.39, 0.29) is 36.7 Å². The van der Waals surface area contributed by atoms with Crippen molar-refractivity contribution in [2.75, 3.05) is 31.6 Å². The van der Waals surface area contributed by atoms with Crippen LogP contribution in [0.15, 0.2) is 60.8 Å². The minimum atomic E-state index is -0.788. The highest BCUT2D eigenvalue weighted by atomic mass is 35.5. The number of halogens is 3. The van der Waals surface area contributed by atoms with Crippen LogP contribution in [-0.2, 0) is 23.3 Å². The van der Waals surface area contributed by atoms with Crippen molar-refractivity contribution in [2.24, 2.45) is 0 Å². The Hall–Kier alpha value is -4.43. The number of aromatic nitrogens is 2. The van der Waals surface area contributed by atoms with Crippen LogP contribution in [0.5, 0.6) is 23.0 Å². The molecule has 1 amide bonds. The summed E-state index contributed by atoms with van der Waals surface area (Å²) < 4.78 is 28.5. The van der Waals surface area contributed by atoms with Gasteiger partial charge in [0.25, 0.3) is 0 Å². The molecule has 10 nitrogen and oxygen atoms in total. The van der Waals surface area contributed by atoms with Crippen LogP contribution in [0.2, 0.25) is 10.3 Å². The van der Waals surface area contributed by atoms with E-state index in [0.29, 0.717) is 44.7 Å². The van der Waals surface area contributed by atoms with E-state index in [1.54, 1.807) is 58.2 Å². The molecule has 0 saturated heterocycles. The molecule has 4 aromatic rings. The molecular formula is C37H39Cl3N4O6. The Kier molecular flexibility index (Phi) is 12.7. The van der Waals surface area contributed by atoms with Crippen molar-refractivity contribution < 1.29 is 28.5 Å². The molecule has 0 saturated carbocycles. The Labute approximate surface area is 307 Å². The fourth-order valence-electron chi connectivity index (χ4n) is 5.03. The summed E-state index contributed by atoms with van der Waals surface area (Å²) in [4.78, 5) is 23.6. The molecule has 50 heavy (non-hydrogen) atoms. The van der Waals surface area contributed by atoms with E-state index >= 15 is 0 Å². The molecule has 0 fully saturated rings. The van der Waals surface area contributed by atoms with E-state index in [1.807, 2.05) is 38.1 Å². The lowest BCUT2D eigenvalue weighted by Crippen LogP contribution is -2.37. The molecule has 0 radical (unpaired) electrons. The Morgan fingerprint density at radius 1 is 0.900 bits per heavy atom. The van der Waals surface area contributed by atoms with Crippen molar-refractivity contribution in [3.05, 3.63) is 98.9 Å². The number of hydrogen-bond acceptors (Lipinski definition) is 9. The van der Waals surface area contributed by atoms with E-state index in [1.165, 1.54) is 18.2 Å². The molecule has 0 atom stereocenters. The van der Waals surface area contributed by atoms with E-state index in [0.717, 1.165) is 11.1 Å². The highest BCUT2D eigenvalue weighted by Crippen LogP contribution is 2.39. The number of carbonyl (C=O) groups excluding carboxylic acids is 1. The molecule has 264 valence electrons. The number of ether oxygens (including phenoxy) is 5. The van der Waals surface area contributed by atoms with Crippen LogP contribution in [0, 0.1) is 11.3 Å². The van der Waals surface area contributed by atoms with Gasteiger partial charge in [0.2, 0.25) is 5.28 Å². The molecule has 13 heteroatoms. The molecule has 1 aromatic heterocycles. The maximum Gasteiger partial charge on any atom is 0.416 e. The molecule has 0 N–H and O–H groups in total. The van der Waals surface area contributed by atoms with Crippen molar-refractivity contribution >= 4 is 46.7 Å². The van der Waals surface area contributed by atoms with Gasteiger partial charge in [0, 0.05) is 23.2 Å². The number of nitrogens with zero attached hydrogens (tertiary/aromatic N) is 4. The van der Waals surface area contributed by atoms with E-state index in [4.69, 9.17) is 58.5 Å². The van der Waals surface area contributed by atoms with E-state index < -0.39 is 17.1 Å². The molecule has 0 aliphatic rings. The quantitative estimate of drug-likeness (QED) is 0.0977. The summed E-state index contributed by atoms with van der Waals surface area (Å²) in [5.41, 5.74) is 1.99. The van der Waals surface area contributed by atoms with E-state index in [9.17, 15) is 10.1 Å². The maximum atomic E-state index is 13.7. The first kappa shape index (κ1) is 38.4. The van der Waals surface area contributed by atoms with Gasteiger partial charge in [0.05, 0.1) is 42.8 Å². The molecule has 0 bridgehead atoms. The topological polar surface area (TPSA) is 116 Å². The molecule has 0 spiro atoms. The molecule has 3 aromatic carbocycles. The van der Waals surface area contributed by atoms with Gasteiger partial charge in [-0.15, -0.1) is 11.6 Å². The third-order valence-electron chi connectivity index (χ3n) is 7.68. The second kappa shape index (κ2) is 16.5. The Morgan fingerprint density at radius 3 is 2.22 bits per heavy atom. The number of rotatable bonds is 13. The SMILES string of the molecule is COc1ccc(CN(C(=O)OC(C)(C)C)c2nc(Cl)ncc2COc2ccc(C(C)(C)c3cc(Cl)c(OCCCl)c(C#N)c3)cc2)c(OC)c1. The van der Waals surface area contributed by atoms with Gasteiger partial charge in [-0.1, -0.05) is 37.6 Å². The monoisotopic (exact) mass is 740 g/mol. The van der Waals surface area contributed by atoms with Gasteiger partial charge in [0.1, 0.15) is 48.0 Å². The number of anilines is 1. The van der Waals surface area contributed by atoms with Gasteiger partial charge < -0.3 is 23.7 Å². The van der Waals surface area contributed by atoms with Crippen molar-refractivity contribution in [1.29, 1.82) is 5.26 Å². The summed E-state index contributed by atoms with van der Waals surface area (Å²) in [6.07, 6.45) is 0.873. The maximum absolute atomic E-state index is 13.7. The predicted octanol–water partition coefficient (Wildman–Crippen LogP) is 9.14. The van der Waals surface area contributed by atoms with Gasteiger partial charge in [-0.2, -0.15) is 10.2 Å². The Balaban J connectivity index is 1.61.